The van der Waals surface area contributed by atoms with Crippen LogP contribution >= 0.6 is 15.9 Å². The molecule has 360 valence electrons. The van der Waals surface area contributed by atoms with Gasteiger partial charge in [0, 0.05) is 4.47 Å². The van der Waals surface area contributed by atoms with Crippen molar-refractivity contribution in [2.75, 3.05) is 0 Å². The Bertz CT molecular complexity index is 4250. The van der Waals surface area contributed by atoms with E-state index in [1.165, 1.54) is 114 Å². The lowest BCUT2D eigenvalue weighted by Crippen LogP contribution is -2.29. The molecule has 0 unspecified atom stereocenters. The summed E-state index contributed by atoms with van der Waals surface area (Å²) in [5.41, 5.74) is 12.8. The van der Waals surface area contributed by atoms with E-state index in [1.54, 1.807) is 12.1 Å². The largest absolute Gasteiger partial charge is 0.488 e. The van der Waals surface area contributed by atoms with Gasteiger partial charge in [-0.3, -0.25) is 0 Å². The lowest BCUT2D eigenvalue weighted by atomic mass is 9.80. The number of halogens is 1. The van der Waals surface area contributed by atoms with Crippen LogP contribution in [-0.4, -0.2) is 17.2 Å². The maximum absolute atomic E-state index is 8.94. The highest BCUT2D eigenvalue weighted by Gasteiger charge is 2.18. The van der Waals surface area contributed by atoms with Crippen LogP contribution in [0.2, 0.25) is 0 Å². The third-order valence-corrected chi connectivity index (χ3v) is 15.3. The second-order valence-corrected chi connectivity index (χ2v) is 19.8. The second-order valence-electron chi connectivity index (χ2n) is 19.1. The minimum absolute atomic E-state index is 0.509. The first kappa shape index (κ1) is 48.1. The first-order valence-electron chi connectivity index (χ1n) is 25.6. The molecule has 0 saturated heterocycles. The van der Waals surface area contributed by atoms with E-state index in [0.29, 0.717) is 5.46 Å². The monoisotopic (exact) mass is 1040 g/mol. The molecule has 14 rings (SSSR count). The van der Waals surface area contributed by atoms with Gasteiger partial charge in [-0.25, -0.2) is 0 Å². The van der Waals surface area contributed by atoms with Crippen LogP contribution in [-0.2, 0) is 0 Å². The third-order valence-electron chi connectivity index (χ3n) is 14.5. The van der Waals surface area contributed by atoms with E-state index in [1.807, 2.05) is 42.5 Å². The zero-order valence-corrected chi connectivity index (χ0v) is 43.1. The molecule has 0 fully saturated rings. The first-order chi connectivity index (χ1) is 37.5. The Labute approximate surface area is 451 Å². The molecular formula is C72H50BBrO2. The van der Waals surface area contributed by atoms with E-state index in [4.69, 9.17) is 10.0 Å². The van der Waals surface area contributed by atoms with Gasteiger partial charge in [0.05, 0.1) is 0 Å². The van der Waals surface area contributed by atoms with Gasteiger partial charge in [-0.05, 0) is 154 Å². The van der Waals surface area contributed by atoms with E-state index in [0.717, 1.165) is 11.1 Å². The number of hydrogen-bond acceptors (Lipinski definition) is 2. The van der Waals surface area contributed by atoms with Crippen molar-refractivity contribution in [3.63, 3.8) is 0 Å². The Balaban J connectivity index is 0.000000126. The molecule has 76 heavy (non-hydrogen) atoms. The van der Waals surface area contributed by atoms with Gasteiger partial charge in [-0.1, -0.05) is 279 Å². The minimum Gasteiger partial charge on any atom is -0.423 e. The van der Waals surface area contributed by atoms with Crippen molar-refractivity contribution in [3.05, 3.63) is 296 Å². The molecule has 2 nitrogen and oxygen atoms in total. The molecule has 0 aliphatic rings. The van der Waals surface area contributed by atoms with Crippen molar-refractivity contribution in [3.8, 4) is 55.6 Å². The highest BCUT2D eigenvalue weighted by molar-refractivity contribution is 9.10. The van der Waals surface area contributed by atoms with E-state index in [-0.39, 0.29) is 0 Å². The lowest BCUT2D eigenvalue weighted by molar-refractivity contribution is 0.426. The zero-order valence-electron chi connectivity index (χ0n) is 41.6. The van der Waals surface area contributed by atoms with Crippen LogP contribution in [0.3, 0.4) is 0 Å². The lowest BCUT2D eigenvalue weighted by Gasteiger charge is -2.18. The Kier molecular flexibility index (Phi) is 13.6. The summed E-state index contributed by atoms with van der Waals surface area (Å²) in [4.78, 5) is 0. The van der Waals surface area contributed by atoms with Crippen LogP contribution in [0.4, 0.5) is 0 Å². The van der Waals surface area contributed by atoms with Crippen LogP contribution in [0.25, 0.3) is 120 Å². The van der Waals surface area contributed by atoms with Gasteiger partial charge in [-0.15, -0.1) is 0 Å². The fourth-order valence-corrected chi connectivity index (χ4v) is 11.5. The molecule has 0 heterocycles. The second kappa shape index (κ2) is 21.5. The van der Waals surface area contributed by atoms with Crippen molar-refractivity contribution < 1.29 is 10.0 Å². The summed E-state index contributed by atoms with van der Waals surface area (Å²) < 4.78 is 1.17. The first-order valence-corrected chi connectivity index (χ1v) is 26.4. The summed E-state index contributed by atoms with van der Waals surface area (Å²) in [5.74, 6) is 0. The Morgan fingerprint density at radius 1 is 0.224 bits per heavy atom. The Morgan fingerprint density at radius 2 is 0.487 bits per heavy atom. The number of fused-ring (bicyclic) bond motifs is 6. The summed E-state index contributed by atoms with van der Waals surface area (Å²) in [6.45, 7) is 0. The van der Waals surface area contributed by atoms with Crippen LogP contribution < -0.4 is 5.46 Å². The van der Waals surface area contributed by atoms with Crippen LogP contribution in [0, 0.1) is 0 Å². The SMILES string of the molecule is Brc1c2ccccc2c(-c2ccc3ccccc3c2)c2ccccc12.OB(O)c1ccc(-c2ccccc2)cc1.c1ccc(-c2ccc(-c3c4ccccc4c(-c4ccc5ccccc5c4)c4ccccc34)cc2)cc1. The average Bonchev–Trinajstić information content (AvgIpc) is 3.52. The topological polar surface area (TPSA) is 40.5 Å². The van der Waals surface area contributed by atoms with Gasteiger partial charge < -0.3 is 10.0 Å². The maximum atomic E-state index is 8.94. The van der Waals surface area contributed by atoms with E-state index < -0.39 is 7.12 Å². The van der Waals surface area contributed by atoms with E-state index in [2.05, 4.69) is 253 Å². The third kappa shape index (κ3) is 9.58. The summed E-state index contributed by atoms with van der Waals surface area (Å²) >= 11 is 3.83. The molecule has 2 N–H and O–H groups in total. The summed E-state index contributed by atoms with van der Waals surface area (Å²) in [7, 11) is -1.39. The van der Waals surface area contributed by atoms with Gasteiger partial charge in [-0.2, -0.15) is 0 Å². The smallest absolute Gasteiger partial charge is 0.423 e. The van der Waals surface area contributed by atoms with Gasteiger partial charge in [0.15, 0.2) is 0 Å². The molecule has 0 bridgehead atoms. The molecule has 0 radical (unpaired) electrons. The molecule has 0 atom stereocenters. The molecule has 0 aliphatic heterocycles. The van der Waals surface area contributed by atoms with Crippen LogP contribution in [0.15, 0.2) is 296 Å². The Hall–Kier alpha value is -8.90. The molecule has 0 saturated carbocycles. The average molecular weight is 1040 g/mol. The molecule has 0 amide bonds. The van der Waals surface area contributed by atoms with E-state index >= 15 is 0 Å². The fourth-order valence-electron chi connectivity index (χ4n) is 10.8. The minimum atomic E-state index is -1.39. The zero-order chi connectivity index (χ0) is 51.4. The van der Waals surface area contributed by atoms with Crippen LogP contribution in [0.5, 0.6) is 0 Å². The number of rotatable bonds is 6. The van der Waals surface area contributed by atoms with E-state index in [9.17, 15) is 0 Å². The fraction of sp³-hybridized carbons (Fsp3) is 0. The van der Waals surface area contributed by atoms with Crippen LogP contribution in [0.1, 0.15) is 0 Å². The molecule has 0 spiro atoms. The van der Waals surface area contributed by atoms with Crippen molar-refractivity contribution in [2.45, 2.75) is 0 Å². The predicted molar refractivity (Wildman–Crippen MR) is 329 cm³/mol. The molecule has 0 aromatic heterocycles. The highest BCUT2D eigenvalue weighted by Crippen LogP contribution is 2.45. The maximum Gasteiger partial charge on any atom is 0.488 e. The quantitative estimate of drug-likeness (QED) is 0.129. The number of benzene rings is 14. The number of hydrogen-bond donors (Lipinski definition) is 2. The van der Waals surface area contributed by atoms with Gasteiger partial charge in [0.1, 0.15) is 0 Å². The summed E-state index contributed by atoms with van der Waals surface area (Å²) in [6, 6.07) is 102. The van der Waals surface area contributed by atoms with Crippen molar-refractivity contribution in [1.29, 1.82) is 0 Å². The standard InChI is InChI=1S/C36H24.C24H15Br.C12H11BO2/c1-2-10-25(11-3-1)27-18-21-28(22-19-27)35-31-14-6-8-16-33(31)36(34-17-9-7-15-32(34)35)30-23-20-26-12-4-5-13-29(26)24-30;25-24-21-11-5-3-9-19(21)23(20-10-4-6-12-22(20)24)18-14-13-16-7-1-2-8-17(16)15-18;14-13(15)12-8-6-11(7-9-12)10-4-2-1-3-5-10/h1-24H;1-15H;1-9,14-15H. The normalized spacial score (nSPS) is 11.1. The Morgan fingerprint density at radius 3 is 0.868 bits per heavy atom. The van der Waals surface area contributed by atoms with Crippen molar-refractivity contribution in [1.82, 2.24) is 0 Å². The molecule has 14 aromatic rings. The van der Waals surface area contributed by atoms with Crippen molar-refractivity contribution in [2.24, 2.45) is 0 Å². The molecule has 4 heteroatoms. The molecule has 0 aliphatic carbocycles. The van der Waals surface area contributed by atoms with Crippen molar-refractivity contribution >= 4 is 93.1 Å². The molecule has 14 aromatic carbocycles. The van der Waals surface area contributed by atoms with Gasteiger partial charge >= 0.3 is 7.12 Å². The van der Waals surface area contributed by atoms with Gasteiger partial charge in [0.25, 0.3) is 0 Å². The van der Waals surface area contributed by atoms with Gasteiger partial charge in [0.2, 0.25) is 0 Å². The molecular weight excluding hydrogens is 988 g/mol. The highest BCUT2D eigenvalue weighted by atomic mass is 79.9. The summed E-state index contributed by atoms with van der Waals surface area (Å²) in [5, 5.41) is 33.2. The summed E-state index contributed by atoms with van der Waals surface area (Å²) in [6.07, 6.45) is 0. The predicted octanol–water partition coefficient (Wildman–Crippen LogP) is 18.8.